The predicted molar refractivity (Wildman–Crippen MR) is 87.2 cm³/mol. The van der Waals surface area contributed by atoms with E-state index in [0.29, 0.717) is 6.54 Å². The summed E-state index contributed by atoms with van der Waals surface area (Å²) in [5.74, 6) is 0.562. The van der Waals surface area contributed by atoms with Gasteiger partial charge in [0.1, 0.15) is 0 Å². The lowest BCUT2D eigenvalue weighted by Gasteiger charge is -2.14. The Balaban J connectivity index is 1.81. The molecule has 0 spiro atoms. The summed E-state index contributed by atoms with van der Waals surface area (Å²) in [6.45, 7) is 4.48. The molecule has 1 atom stereocenters. The maximum absolute atomic E-state index is 11.8. The highest BCUT2D eigenvalue weighted by molar-refractivity contribution is 9.10. The summed E-state index contributed by atoms with van der Waals surface area (Å²) in [7, 11) is 0. The van der Waals surface area contributed by atoms with Gasteiger partial charge in [-0.15, -0.1) is 0 Å². The molecule has 2 rings (SSSR count). The maximum atomic E-state index is 11.8. The maximum Gasteiger partial charge on any atom is 0.234 e. The molecule has 0 saturated heterocycles. The van der Waals surface area contributed by atoms with Crippen molar-refractivity contribution in [2.24, 2.45) is 11.8 Å². The van der Waals surface area contributed by atoms with Crippen molar-refractivity contribution in [3.63, 3.8) is 0 Å². The summed E-state index contributed by atoms with van der Waals surface area (Å²) >= 11 is 3.38. The zero-order valence-corrected chi connectivity index (χ0v) is 13.9. The summed E-state index contributed by atoms with van der Waals surface area (Å²) in [5, 5.41) is 5.79. The molecule has 0 aliphatic heterocycles. The van der Waals surface area contributed by atoms with Gasteiger partial charge in [0.05, 0.1) is 4.83 Å². The van der Waals surface area contributed by atoms with Gasteiger partial charge in [0.2, 0.25) is 11.8 Å². The van der Waals surface area contributed by atoms with Crippen LogP contribution in [0.5, 0.6) is 0 Å². The van der Waals surface area contributed by atoms with E-state index < -0.39 is 0 Å². The fraction of sp³-hybridized carbons (Fsp3) is 0.500. The van der Waals surface area contributed by atoms with Crippen LogP contribution in [-0.4, -0.2) is 16.6 Å². The van der Waals surface area contributed by atoms with Crippen LogP contribution in [0.25, 0.3) is 0 Å². The number of nitrogens with one attached hydrogen (secondary N) is 2. The molecule has 1 fully saturated rings. The number of carbonyl (C=O) groups is 2. The predicted octanol–water partition coefficient (Wildman–Crippen LogP) is 3.07. The van der Waals surface area contributed by atoms with Gasteiger partial charge in [0.15, 0.2) is 0 Å². The van der Waals surface area contributed by atoms with Gasteiger partial charge in [-0.1, -0.05) is 41.9 Å². The topological polar surface area (TPSA) is 58.2 Å². The zero-order valence-electron chi connectivity index (χ0n) is 12.4. The van der Waals surface area contributed by atoms with Crippen molar-refractivity contribution < 1.29 is 9.59 Å². The van der Waals surface area contributed by atoms with E-state index in [2.05, 4.69) is 26.6 Å². The highest BCUT2D eigenvalue weighted by atomic mass is 79.9. The first-order valence-corrected chi connectivity index (χ1v) is 8.20. The minimum Gasteiger partial charge on any atom is -0.351 e. The lowest BCUT2D eigenvalue weighted by Crippen LogP contribution is -2.33. The molecule has 1 aliphatic carbocycles. The van der Waals surface area contributed by atoms with Gasteiger partial charge in [0.25, 0.3) is 0 Å². The number of alkyl halides is 1. The van der Waals surface area contributed by atoms with Crippen molar-refractivity contribution in [1.29, 1.82) is 0 Å². The standard InChI is InChI=1S/C16H21BrN2O2/c1-10(2)14(17)16(21)18-9-11-3-7-13(8-4-11)19-15(20)12-5-6-12/h3-4,7-8,10,12,14H,5-6,9H2,1-2H3,(H,18,21)(H,19,20). The molecular weight excluding hydrogens is 332 g/mol. The number of benzene rings is 1. The minimum absolute atomic E-state index is 0.00360. The number of carbonyl (C=O) groups excluding carboxylic acids is 2. The third-order valence-corrected chi connectivity index (χ3v) is 4.95. The fourth-order valence-electron chi connectivity index (χ4n) is 1.89. The fourth-order valence-corrected chi connectivity index (χ4v) is 2.05. The molecular formula is C16H21BrN2O2. The smallest absolute Gasteiger partial charge is 0.234 e. The van der Waals surface area contributed by atoms with Crippen molar-refractivity contribution in [1.82, 2.24) is 5.32 Å². The summed E-state index contributed by atoms with van der Waals surface area (Å²) in [5.41, 5.74) is 1.82. The Morgan fingerprint density at radius 2 is 1.86 bits per heavy atom. The normalized spacial score (nSPS) is 15.6. The quantitative estimate of drug-likeness (QED) is 0.773. The molecule has 1 saturated carbocycles. The number of hydrogen-bond acceptors (Lipinski definition) is 2. The molecule has 114 valence electrons. The Bertz CT molecular complexity index is 510. The molecule has 0 radical (unpaired) electrons. The van der Waals surface area contributed by atoms with E-state index in [1.165, 1.54) is 0 Å². The molecule has 1 aliphatic rings. The van der Waals surface area contributed by atoms with Gasteiger partial charge in [-0.25, -0.2) is 0 Å². The molecule has 4 nitrogen and oxygen atoms in total. The summed E-state index contributed by atoms with van der Waals surface area (Å²) in [4.78, 5) is 23.3. The Kier molecular flexibility index (Phi) is 5.39. The lowest BCUT2D eigenvalue weighted by molar-refractivity contribution is -0.121. The lowest BCUT2D eigenvalue weighted by atomic mass is 10.1. The molecule has 1 unspecified atom stereocenters. The van der Waals surface area contributed by atoms with Crippen molar-refractivity contribution in [2.45, 2.75) is 38.1 Å². The van der Waals surface area contributed by atoms with Gasteiger partial charge in [-0.05, 0) is 36.5 Å². The number of amides is 2. The average Bonchev–Trinajstić information content (AvgIpc) is 3.29. The first-order chi connectivity index (χ1) is 9.97. The summed E-state index contributed by atoms with van der Waals surface area (Å²) < 4.78 is 0. The number of hydrogen-bond donors (Lipinski definition) is 2. The Labute approximate surface area is 133 Å². The van der Waals surface area contributed by atoms with Crippen LogP contribution in [0.4, 0.5) is 5.69 Å². The van der Waals surface area contributed by atoms with E-state index in [1.807, 2.05) is 38.1 Å². The third-order valence-electron chi connectivity index (χ3n) is 3.47. The molecule has 0 aromatic heterocycles. The van der Waals surface area contributed by atoms with Crippen LogP contribution in [0.3, 0.4) is 0 Å². The molecule has 0 heterocycles. The molecule has 21 heavy (non-hydrogen) atoms. The van der Waals surface area contributed by atoms with Crippen LogP contribution < -0.4 is 10.6 Å². The third kappa shape index (κ3) is 4.84. The van der Waals surface area contributed by atoms with Crippen molar-refractivity contribution in [3.05, 3.63) is 29.8 Å². The van der Waals surface area contributed by atoms with Crippen LogP contribution in [0.15, 0.2) is 24.3 Å². The van der Waals surface area contributed by atoms with E-state index in [9.17, 15) is 9.59 Å². The van der Waals surface area contributed by atoms with Gasteiger partial charge >= 0.3 is 0 Å². The van der Waals surface area contributed by atoms with Crippen LogP contribution in [-0.2, 0) is 16.1 Å². The monoisotopic (exact) mass is 352 g/mol. The SMILES string of the molecule is CC(C)C(Br)C(=O)NCc1ccc(NC(=O)C2CC2)cc1. The summed E-state index contributed by atoms with van der Waals surface area (Å²) in [6.07, 6.45) is 2.00. The first-order valence-electron chi connectivity index (χ1n) is 7.29. The van der Waals surface area contributed by atoms with Gasteiger partial charge in [-0.2, -0.15) is 0 Å². The Hall–Kier alpha value is -1.36. The van der Waals surface area contributed by atoms with Crippen LogP contribution in [0.2, 0.25) is 0 Å². The highest BCUT2D eigenvalue weighted by Crippen LogP contribution is 2.30. The number of anilines is 1. The van der Waals surface area contributed by atoms with E-state index in [0.717, 1.165) is 24.1 Å². The molecule has 0 bridgehead atoms. The minimum atomic E-state index is -0.172. The molecule has 2 N–H and O–H groups in total. The van der Waals surface area contributed by atoms with Gasteiger partial charge in [-0.3, -0.25) is 9.59 Å². The highest BCUT2D eigenvalue weighted by Gasteiger charge is 2.29. The molecule has 1 aromatic rings. The molecule has 1 aromatic carbocycles. The first kappa shape index (κ1) is 16.0. The second-order valence-electron chi connectivity index (χ2n) is 5.82. The van der Waals surface area contributed by atoms with Crippen molar-refractivity contribution >= 4 is 33.4 Å². The molecule has 2 amide bonds. The summed E-state index contributed by atoms with van der Waals surface area (Å²) in [6, 6.07) is 7.58. The Morgan fingerprint density at radius 3 is 2.38 bits per heavy atom. The zero-order chi connectivity index (χ0) is 15.4. The Morgan fingerprint density at radius 1 is 1.24 bits per heavy atom. The van der Waals surface area contributed by atoms with Crippen LogP contribution >= 0.6 is 15.9 Å². The molecule has 5 heteroatoms. The largest absolute Gasteiger partial charge is 0.351 e. The average molecular weight is 353 g/mol. The van der Waals surface area contributed by atoms with Crippen molar-refractivity contribution in [3.8, 4) is 0 Å². The van der Waals surface area contributed by atoms with E-state index in [1.54, 1.807) is 0 Å². The number of rotatable bonds is 6. The van der Waals surface area contributed by atoms with Crippen molar-refractivity contribution in [2.75, 3.05) is 5.32 Å². The van der Waals surface area contributed by atoms with E-state index in [-0.39, 0.29) is 28.5 Å². The number of halogens is 1. The second kappa shape index (κ2) is 7.07. The van der Waals surface area contributed by atoms with E-state index >= 15 is 0 Å². The van der Waals surface area contributed by atoms with Crippen LogP contribution in [0, 0.1) is 11.8 Å². The van der Waals surface area contributed by atoms with Gasteiger partial charge in [0, 0.05) is 18.2 Å². The van der Waals surface area contributed by atoms with Crippen LogP contribution in [0.1, 0.15) is 32.3 Å². The second-order valence-corrected chi connectivity index (χ2v) is 6.81. The van der Waals surface area contributed by atoms with Gasteiger partial charge < -0.3 is 10.6 Å². The van der Waals surface area contributed by atoms with E-state index in [4.69, 9.17) is 0 Å².